The summed E-state index contributed by atoms with van der Waals surface area (Å²) in [5.41, 5.74) is 0.945. The van der Waals surface area contributed by atoms with E-state index in [0.717, 1.165) is 50.6 Å². The molecule has 1 amide bonds. The molecule has 2 aliphatic heterocycles. The third-order valence-electron chi connectivity index (χ3n) is 6.96. The van der Waals surface area contributed by atoms with Crippen LogP contribution in [-0.4, -0.2) is 38.8 Å². The summed E-state index contributed by atoms with van der Waals surface area (Å²) in [6.07, 6.45) is 6.45. The Morgan fingerprint density at radius 1 is 1.27 bits per heavy atom. The summed E-state index contributed by atoms with van der Waals surface area (Å²) >= 11 is 6.26. The predicted molar refractivity (Wildman–Crippen MR) is 103 cm³/mol. The van der Waals surface area contributed by atoms with E-state index in [1.54, 1.807) is 0 Å². The second-order valence-corrected chi connectivity index (χ2v) is 8.75. The summed E-state index contributed by atoms with van der Waals surface area (Å²) in [7, 11) is 0. The van der Waals surface area contributed by atoms with Crippen molar-refractivity contribution in [2.75, 3.05) is 32.8 Å². The number of carbonyl (C=O) groups excluding carboxylic acids is 1. The van der Waals surface area contributed by atoms with Gasteiger partial charge in [-0.25, -0.2) is 0 Å². The lowest BCUT2D eigenvalue weighted by atomic mass is 9.67. The van der Waals surface area contributed by atoms with Crippen molar-refractivity contribution in [1.29, 1.82) is 0 Å². The maximum atomic E-state index is 13.3. The molecule has 1 aromatic carbocycles. The molecular weight excluding hydrogens is 348 g/mol. The topological polar surface area (TPSA) is 50.4 Å². The van der Waals surface area contributed by atoms with Gasteiger partial charge in [0.1, 0.15) is 0 Å². The zero-order chi connectivity index (χ0) is 18.0. The average molecular weight is 377 g/mol. The van der Waals surface area contributed by atoms with Crippen LogP contribution in [0.2, 0.25) is 5.02 Å². The first kappa shape index (κ1) is 18.3. The van der Waals surface area contributed by atoms with Crippen LogP contribution < -0.4 is 10.6 Å². The third-order valence-corrected chi connectivity index (χ3v) is 7.20. The summed E-state index contributed by atoms with van der Waals surface area (Å²) < 4.78 is 5.61. The van der Waals surface area contributed by atoms with Crippen molar-refractivity contribution in [1.82, 2.24) is 10.6 Å². The summed E-state index contributed by atoms with van der Waals surface area (Å²) in [4.78, 5) is 13.3. The molecule has 1 aliphatic carbocycles. The highest BCUT2D eigenvalue weighted by molar-refractivity contribution is 6.30. The van der Waals surface area contributed by atoms with Gasteiger partial charge < -0.3 is 15.4 Å². The van der Waals surface area contributed by atoms with Gasteiger partial charge in [0.25, 0.3) is 0 Å². The number of hydrogen-bond donors (Lipinski definition) is 2. The normalized spacial score (nSPS) is 30.6. The molecule has 142 valence electrons. The van der Waals surface area contributed by atoms with Gasteiger partial charge >= 0.3 is 0 Å². The SMILES string of the molecule is O=C(NCC1(c2cccc(Cl)c2)CCOCC1)[C@@]12CCCC[C@H]1CNC2. The zero-order valence-electron chi connectivity index (χ0n) is 15.4. The van der Waals surface area contributed by atoms with Crippen molar-refractivity contribution >= 4 is 17.5 Å². The lowest BCUT2D eigenvalue weighted by molar-refractivity contribution is -0.134. The fourth-order valence-corrected chi connectivity index (χ4v) is 5.45. The molecule has 4 rings (SSSR count). The Hall–Kier alpha value is -1.10. The highest BCUT2D eigenvalue weighted by Gasteiger charge is 2.50. The van der Waals surface area contributed by atoms with Crippen LogP contribution in [0.25, 0.3) is 0 Å². The third kappa shape index (κ3) is 3.28. The number of rotatable bonds is 4. The minimum atomic E-state index is -0.195. The van der Waals surface area contributed by atoms with E-state index in [-0.39, 0.29) is 16.7 Å². The average Bonchev–Trinajstić information content (AvgIpc) is 3.12. The standard InChI is InChI=1S/C21H29ClN2O2/c22-18-6-3-5-16(12-18)20(8-10-26-11-9-20)14-24-19(25)21-7-2-1-4-17(21)13-23-15-21/h3,5-6,12,17,23H,1-2,4,7-11,13-15H2,(H,24,25)/t17-,21+/m0/s1. The Bertz CT molecular complexity index is 659. The van der Waals surface area contributed by atoms with Crippen molar-refractivity contribution in [3.63, 3.8) is 0 Å². The molecule has 0 radical (unpaired) electrons. The maximum Gasteiger partial charge on any atom is 0.227 e. The molecule has 0 aromatic heterocycles. The minimum Gasteiger partial charge on any atom is -0.381 e. The van der Waals surface area contributed by atoms with Crippen molar-refractivity contribution in [2.45, 2.75) is 43.9 Å². The van der Waals surface area contributed by atoms with E-state index in [1.807, 2.05) is 12.1 Å². The largest absolute Gasteiger partial charge is 0.381 e. The Morgan fingerprint density at radius 3 is 2.92 bits per heavy atom. The number of ether oxygens (including phenoxy) is 1. The molecule has 1 aromatic rings. The molecule has 2 heterocycles. The van der Waals surface area contributed by atoms with Crippen LogP contribution in [0.1, 0.15) is 44.1 Å². The quantitative estimate of drug-likeness (QED) is 0.847. The molecule has 0 bridgehead atoms. The van der Waals surface area contributed by atoms with Gasteiger partial charge in [-0.15, -0.1) is 0 Å². The summed E-state index contributed by atoms with van der Waals surface area (Å²) in [5.74, 6) is 0.744. The lowest BCUT2D eigenvalue weighted by Gasteiger charge is -2.41. The number of amides is 1. The van der Waals surface area contributed by atoms with Gasteiger partial charge in [0, 0.05) is 36.7 Å². The van der Waals surface area contributed by atoms with Gasteiger partial charge in [0.15, 0.2) is 0 Å². The molecule has 3 aliphatic rings. The Kier molecular flexibility index (Phi) is 5.27. The van der Waals surface area contributed by atoms with Crippen LogP contribution in [0.15, 0.2) is 24.3 Å². The zero-order valence-corrected chi connectivity index (χ0v) is 16.1. The molecule has 0 spiro atoms. The van der Waals surface area contributed by atoms with Gasteiger partial charge in [-0.3, -0.25) is 4.79 Å². The summed E-state index contributed by atoms with van der Waals surface area (Å²) in [6, 6.07) is 8.11. The lowest BCUT2D eigenvalue weighted by Crippen LogP contribution is -2.52. The van der Waals surface area contributed by atoms with E-state index in [9.17, 15) is 4.79 Å². The van der Waals surface area contributed by atoms with Crippen molar-refractivity contribution in [3.05, 3.63) is 34.9 Å². The van der Waals surface area contributed by atoms with E-state index in [4.69, 9.17) is 16.3 Å². The van der Waals surface area contributed by atoms with Crippen molar-refractivity contribution in [3.8, 4) is 0 Å². The van der Waals surface area contributed by atoms with Crippen molar-refractivity contribution < 1.29 is 9.53 Å². The molecule has 26 heavy (non-hydrogen) atoms. The molecule has 2 saturated heterocycles. The van der Waals surface area contributed by atoms with E-state index in [2.05, 4.69) is 22.8 Å². The first-order valence-corrected chi connectivity index (χ1v) is 10.4. The van der Waals surface area contributed by atoms with Gasteiger partial charge in [-0.2, -0.15) is 0 Å². The predicted octanol–water partition coefficient (Wildman–Crippen LogP) is 3.28. The van der Waals surface area contributed by atoms with Crippen LogP contribution in [-0.2, 0) is 14.9 Å². The molecule has 3 fully saturated rings. The first-order valence-electron chi connectivity index (χ1n) is 9.98. The Balaban J connectivity index is 1.52. The molecular formula is C21H29ClN2O2. The fraction of sp³-hybridized carbons (Fsp3) is 0.667. The number of fused-ring (bicyclic) bond motifs is 1. The molecule has 4 nitrogen and oxygen atoms in total. The van der Waals surface area contributed by atoms with E-state index in [1.165, 1.54) is 24.8 Å². The number of hydrogen-bond acceptors (Lipinski definition) is 3. The van der Waals surface area contributed by atoms with Crippen LogP contribution in [0, 0.1) is 11.3 Å². The molecule has 0 unspecified atom stereocenters. The van der Waals surface area contributed by atoms with Crippen molar-refractivity contribution in [2.24, 2.45) is 11.3 Å². The highest BCUT2D eigenvalue weighted by Crippen LogP contribution is 2.44. The summed E-state index contributed by atoms with van der Waals surface area (Å²) in [6.45, 7) is 3.96. The highest BCUT2D eigenvalue weighted by atomic mass is 35.5. The van der Waals surface area contributed by atoms with E-state index < -0.39 is 0 Å². The second kappa shape index (κ2) is 7.49. The number of nitrogens with one attached hydrogen (secondary N) is 2. The Morgan fingerprint density at radius 2 is 2.12 bits per heavy atom. The molecule has 2 N–H and O–H groups in total. The summed E-state index contributed by atoms with van der Waals surface area (Å²) in [5, 5.41) is 7.60. The monoisotopic (exact) mass is 376 g/mol. The molecule has 1 saturated carbocycles. The Labute approximate surface area is 161 Å². The molecule has 5 heteroatoms. The number of benzene rings is 1. The molecule has 2 atom stereocenters. The van der Waals surface area contributed by atoms with Gasteiger partial charge in [-0.05, 0) is 55.8 Å². The van der Waals surface area contributed by atoms with Gasteiger partial charge in [0.2, 0.25) is 5.91 Å². The van der Waals surface area contributed by atoms with E-state index in [0.29, 0.717) is 12.5 Å². The van der Waals surface area contributed by atoms with Gasteiger partial charge in [-0.1, -0.05) is 36.6 Å². The van der Waals surface area contributed by atoms with Crippen LogP contribution in [0.3, 0.4) is 0 Å². The van der Waals surface area contributed by atoms with Crippen LogP contribution in [0.4, 0.5) is 0 Å². The first-order chi connectivity index (χ1) is 12.6. The maximum absolute atomic E-state index is 13.3. The number of halogens is 1. The minimum absolute atomic E-state index is 0.0777. The second-order valence-electron chi connectivity index (χ2n) is 8.32. The fourth-order valence-electron chi connectivity index (χ4n) is 5.26. The van der Waals surface area contributed by atoms with Crippen LogP contribution >= 0.6 is 11.6 Å². The number of carbonyl (C=O) groups is 1. The van der Waals surface area contributed by atoms with Gasteiger partial charge in [0.05, 0.1) is 5.41 Å². The van der Waals surface area contributed by atoms with Crippen LogP contribution in [0.5, 0.6) is 0 Å². The smallest absolute Gasteiger partial charge is 0.227 e. The van der Waals surface area contributed by atoms with E-state index >= 15 is 0 Å².